The van der Waals surface area contributed by atoms with Gasteiger partial charge in [-0.3, -0.25) is 4.79 Å². The van der Waals surface area contributed by atoms with E-state index in [4.69, 9.17) is 18.6 Å². The van der Waals surface area contributed by atoms with Crippen molar-refractivity contribution < 1.29 is 23.4 Å². The number of aryl methyl sites for hydroxylation is 1. The van der Waals surface area contributed by atoms with Gasteiger partial charge in [0.25, 0.3) is 5.91 Å². The molecule has 29 heavy (non-hydrogen) atoms. The number of hydrogen-bond acceptors (Lipinski definition) is 7. The average Bonchev–Trinajstić information content (AvgIpc) is 3.40. The third kappa shape index (κ3) is 4.66. The molecule has 1 aliphatic heterocycles. The zero-order valence-corrected chi connectivity index (χ0v) is 16.0. The largest absolute Gasteiger partial charge is 0.484 e. The van der Waals surface area contributed by atoms with Crippen molar-refractivity contribution in [2.75, 3.05) is 13.4 Å². The highest BCUT2D eigenvalue weighted by atomic mass is 16.7. The summed E-state index contributed by atoms with van der Waals surface area (Å²) in [5, 5.41) is 10.9. The Morgan fingerprint density at radius 2 is 1.93 bits per heavy atom. The number of aromatic nitrogens is 2. The summed E-state index contributed by atoms with van der Waals surface area (Å²) in [6, 6.07) is 12.7. The molecule has 0 atom stereocenters. The monoisotopic (exact) mass is 395 g/mol. The fourth-order valence-corrected chi connectivity index (χ4v) is 2.83. The van der Waals surface area contributed by atoms with Gasteiger partial charge >= 0.3 is 0 Å². The van der Waals surface area contributed by atoms with Crippen molar-refractivity contribution >= 4 is 5.91 Å². The highest BCUT2D eigenvalue weighted by molar-refractivity contribution is 5.77. The highest BCUT2D eigenvalue weighted by Gasteiger charge is 2.13. The Bertz CT molecular complexity index is 984. The van der Waals surface area contributed by atoms with Gasteiger partial charge in [0.05, 0.1) is 0 Å². The molecule has 2 heterocycles. The second-order valence-electron chi connectivity index (χ2n) is 6.53. The van der Waals surface area contributed by atoms with E-state index in [9.17, 15) is 4.79 Å². The fraction of sp³-hybridized carbons (Fsp3) is 0.286. The molecule has 0 fully saturated rings. The second-order valence-corrected chi connectivity index (χ2v) is 6.53. The number of fused-ring (bicyclic) bond motifs is 1. The van der Waals surface area contributed by atoms with Crippen LogP contribution in [-0.4, -0.2) is 29.5 Å². The predicted octanol–water partition coefficient (Wildman–Crippen LogP) is 3.11. The van der Waals surface area contributed by atoms with E-state index < -0.39 is 0 Å². The minimum absolute atomic E-state index is 0.0783. The van der Waals surface area contributed by atoms with E-state index in [1.54, 1.807) is 12.1 Å². The lowest BCUT2D eigenvalue weighted by molar-refractivity contribution is -0.123. The minimum Gasteiger partial charge on any atom is -0.484 e. The van der Waals surface area contributed by atoms with Crippen molar-refractivity contribution in [3.8, 4) is 28.7 Å². The number of rotatable bonds is 8. The Hall–Kier alpha value is -3.55. The van der Waals surface area contributed by atoms with Gasteiger partial charge in [0.2, 0.25) is 18.6 Å². The van der Waals surface area contributed by atoms with E-state index in [2.05, 4.69) is 22.4 Å². The fourth-order valence-electron chi connectivity index (χ4n) is 2.83. The highest BCUT2D eigenvalue weighted by Crippen LogP contribution is 2.32. The summed E-state index contributed by atoms with van der Waals surface area (Å²) < 4.78 is 21.8. The van der Waals surface area contributed by atoms with E-state index in [1.165, 1.54) is 0 Å². The SMILES string of the molecule is CCCc1nnc(-c2ccc(OCC(=O)NCc3ccc4c(c3)OCO4)cc2)o1. The van der Waals surface area contributed by atoms with Crippen molar-refractivity contribution in [2.45, 2.75) is 26.3 Å². The first-order chi connectivity index (χ1) is 14.2. The van der Waals surface area contributed by atoms with Crippen LogP contribution < -0.4 is 19.5 Å². The third-order valence-corrected chi connectivity index (χ3v) is 4.33. The van der Waals surface area contributed by atoms with Crippen LogP contribution in [0.2, 0.25) is 0 Å². The van der Waals surface area contributed by atoms with Gasteiger partial charge in [-0.15, -0.1) is 10.2 Å². The van der Waals surface area contributed by atoms with E-state index in [0.717, 1.165) is 24.0 Å². The molecule has 1 aromatic heterocycles. The number of amides is 1. The lowest BCUT2D eigenvalue weighted by Gasteiger charge is -2.08. The Labute approximate surface area is 167 Å². The lowest BCUT2D eigenvalue weighted by atomic mass is 10.2. The number of nitrogens with one attached hydrogen (secondary N) is 1. The van der Waals surface area contributed by atoms with Gasteiger partial charge in [0.1, 0.15) is 5.75 Å². The summed E-state index contributed by atoms with van der Waals surface area (Å²) in [6.07, 6.45) is 1.71. The zero-order valence-electron chi connectivity index (χ0n) is 16.0. The number of carbonyl (C=O) groups excluding carboxylic acids is 1. The average molecular weight is 395 g/mol. The molecule has 4 rings (SSSR count). The van der Waals surface area contributed by atoms with Crippen molar-refractivity contribution in [3.05, 3.63) is 53.9 Å². The molecule has 1 aliphatic rings. The van der Waals surface area contributed by atoms with Gasteiger partial charge in [-0.1, -0.05) is 13.0 Å². The number of hydrogen-bond donors (Lipinski definition) is 1. The molecule has 150 valence electrons. The summed E-state index contributed by atoms with van der Waals surface area (Å²) in [5.74, 6) is 2.88. The van der Waals surface area contributed by atoms with E-state index in [1.807, 2.05) is 30.3 Å². The van der Waals surface area contributed by atoms with Crippen molar-refractivity contribution in [3.63, 3.8) is 0 Å². The first-order valence-corrected chi connectivity index (χ1v) is 9.42. The molecule has 0 saturated heterocycles. The molecule has 8 nitrogen and oxygen atoms in total. The molecule has 0 saturated carbocycles. The van der Waals surface area contributed by atoms with Gasteiger partial charge in [0.15, 0.2) is 18.1 Å². The quantitative estimate of drug-likeness (QED) is 0.626. The Morgan fingerprint density at radius 3 is 2.76 bits per heavy atom. The Kier molecular flexibility index (Phi) is 5.60. The van der Waals surface area contributed by atoms with Crippen LogP contribution in [0.1, 0.15) is 24.8 Å². The molecule has 1 N–H and O–H groups in total. The van der Waals surface area contributed by atoms with Crippen molar-refractivity contribution in [1.29, 1.82) is 0 Å². The van der Waals surface area contributed by atoms with Crippen molar-refractivity contribution in [1.82, 2.24) is 15.5 Å². The van der Waals surface area contributed by atoms with Crippen LogP contribution in [0.25, 0.3) is 11.5 Å². The van der Waals surface area contributed by atoms with Gasteiger partial charge in [-0.05, 0) is 48.4 Å². The molecular weight excluding hydrogens is 374 g/mol. The third-order valence-electron chi connectivity index (χ3n) is 4.33. The molecule has 3 aromatic rings. The van der Waals surface area contributed by atoms with Gasteiger partial charge < -0.3 is 23.9 Å². The second kappa shape index (κ2) is 8.64. The maximum Gasteiger partial charge on any atom is 0.258 e. The molecule has 8 heteroatoms. The number of benzene rings is 2. The summed E-state index contributed by atoms with van der Waals surface area (Å²) in [4.78, 5) is 12.1. The molecule has 2 aromatic carbocycles. The van der Waals surface area contributed by atoms with E-state index >= 15 is 0 Å². The maximum atomic E-state index is 12.1. The maximum absolute atomic E-state index is 12.1. The summed E-state index contributed by atoms with van der Waals surface area (Å²) in [5.41, 5.74) is 1.73. The Balaban J connectivity index is 1.25. The van der Waals surface area contributed by atoms with Crippen LogP contribution in [0.3, 0.4) is 0 Å². The molecule has 0 aliphatic carbocycles. The zero-order chi connectivity index (χ0) is 20.1. The van der Waals surface area contributed by atoms with Crippen molar-refractivity contribution in [2.24, 2.45) is 0 Å². The van der Waals surface area contributed by atoms with Crippen LogP contribution in [0, 0.1) is 0 Å². The lowest BCUT2D eigenvalue weighted by Crippen LogP contribution is -2.28. The first-order valence-electron chi connectivity index (χ1n) is 9.42. The van der Waals surface area contributed by atoms with Gasteiger partial charge in [0, 0.05) is 18.5 Å². The molecule has 0 bridgehead atoms. The molecule has 0 spiro atoms. The van der Waals surface area contributed by atoms with Crippen LogP contribution in [0.5, 0.6) is 17.2 Å². The standard InChI is InChI=1S/C21H21N3O5/c1-2-3-20-23-24-21(29-20)15-5-7-16(8-6-15)26-12-19(25)22-11-14-4-9-17-18(10-14)28-13-27-17/h4-10H,2-3,11-13H2,1H3,(H,22,25). The molecule has 0 unspecified atom stereocenters. The predicted molar refractivity (Wildman–Crippen MR) is 104 cm³/mol. The van der Waals surface area contributed by atoms with Gasteiger partial charge in [-0.25, -0.2) is 0 Å². The normalized spacial score (nSPS) is 12.0. The molecule has 1 amide bonds. The topological polar surface area (TPSA) is 95.7 Å². The molecule has 0 radical (unpaired) electrons. The van der Waals surface area contributed by atoms with Crippen LogP contribution >= 0.6 is 0 Å². The van der Waals surface area contributed by atoms with Crippen LogP contribution in [0.4, 0.5) is 0 Å². The number of carbonyl (C=O) groups is 1. The van der Waals surface area contributed by atoms with E-state index in [-0.39, 0.29) is 19.3 Å². The van der Waals surface area contributed by atoms with Crippen LogP contribution in [-0.2, 0) is 17.8 Å². The number of ether oxygens (including phenoxy) is 3. The summed E-state index contributed by atoms with van der Waals surface area (Å²) in [7, 11) is 0. The van der Waals surface area contributed by atoms with E-state index in [0.29, 0.717) is 35.6 Å². The first kappa shape index (κ1) is 18.8. The van der Waals surface area contributed by atoms with Gasteiger partial charge in [-0.2, -0.15) is 0 Å². The van der Waals surface area contributed by atoms with Crippen LogP contribution in [0.15, 0.2) is 46.9 Å². The smallest absolute Gasteiger partial charge is 0.258 e. The Morgan fingerprint density at radius 1 is 1.10 bits per heavy atom. The summed E-state index contributed by atoms with van der Waals surface area (Å²) >= 11 is 0. The molecular formula is C21H21N3O5. The number of nitrogens with zero attached hydrogens (tertiary/aromatic N) is 2. The minimum atomic E-state index is -0.215. The summed E-state index contributed by atoms with van der Waals surface area (Å²) in [6.45, 7) is 2.59.